The van der Waals surface area contributed by atoms with Gasteiger partial charge in [-0.05, 0) is 33.6 Å². The average Bonchev–Trinajstić information content (AvgIpc) is 3.38. The van der Waals surface area contributed by atoms with Gasteiger partial charge in [0.25, 0.3) is 0 Å². The Balaban J connectivity index is 1.66. The predicted octanol–water partition coefficient (Wildman–Crippen LogP) is -0.387. The molecule has 1 saturated carbocycles. The van der Waals surface area contributed by atoms with Crippen LogP contribution in [0.4, 0.5) is 0 Å². The van der Waals surface area contributed by atoms with Crippen LogP contribution in [0, 0.1) is 6.92 Å². The molecule has 0 atom stereocenters. The SMILES string of the molecule is Cc1nnc(CN=C(NC2CC2)N2CCN(C(C)(C)C(N)=O)CC2)n1C. The molecule has 2 heterocycles. The molecule has 2 aliphatic rings. The summed E-state index contributed by atoms with van der Waals surface area (Å²) in [5, 5.41) is 11.8. The minimum absolute atomic E-state index is 0.284. The zero-order valence-corrected chi connectivity index (χ0v) is 16.2. The Kier molecular flexibility index (Phi) is 5.17. The van der Waals surface area contributed by atoms with E-state index in [2.05, 4.69) is 25.3 Å². The van der Waals surface area contributed by atoms with E-state index in [9.17, 15) is 4.79 Å². The summed E-state index contributed by atoms with van der Waals surface area (Å²) in [7, 11) is 1.96. The molecule has 1 aromatic rings. The van der Waals surface area contributed by atoms with Crippen molar-refractivity contribution in [2.45, 2.75) is 51.7 Å². The van der Waals surface area contributed by atoms with Gasteiger partial charge in [-0.1, -0.05) is 0 Å². The number of nitrogens with two attached hydrogens (primary N) is 1. The number of carbonyl (C=O) groups excluding carboxylic acids is 1. The quantitative estimate of drug-likeness (QED) is 0.546. The Morgan fingerprint density at radius 2 is 1.92 bits per heavy atom. The number of hydrogen-bond acceptors (Lipinski definition) is 5. The molecule has 0 radical (unpaired) electrons. The second-order valence-electron chi connectivity index (χ2n) is 7.68. The summed E-state index contributed by atoms with van der Waals surface area (Å²) in [5.41, 5.74) is 4.93. The van der Waals surface area contributed by atoms with Crippen molar-refractivity contribution in [2.24, 2.45) is 17.8 Å². The first-order valence-corrected chi connectivity index (χ1v) is 9.25. The van der Waals surface area contributed by atoms with E-state index in [1.807, 2.05) is 32.4 Å². The normalized spacial score (nSPS) is 19.7. The molecule has 0 aromatic carbocycles. The number of amides is 1. The Morgan fingerprint density at radius 3 is 2.42 bits per heavy atom. The summed E-state index contributed by atoms with van der Waals surface area (Å²) >= 11 is 0. The van der Waals surface area contributed by atoms with E-state index in [1.54, 1.807) is 0 Å². The maximum atomic E-state index is 11.7. The summed E-state index contributed by atoms with van der Waals surface area (Å²) in [5.74, 6) is 2.37. The zero-order chi connectivity index (χ0) is 18.9. The first-order valence-electron chi connectivity index (χ1n) is 9.25. The molecule has 1 aliphatic carbocycles. The summed E-state index contributed by atoms with van der Waals surface area (Å²) < 4.78 is 1.96. The average molecular weight is 362 g/mol. The van der Waals surface area contributed by atoms with Crippen molar-refractivity contribution in [1.82, 2.24) is 29.9 Å². The summed E-state index contributed by atoms with van der Waals surface area (Å²) in [6, 6.07) is 0.523. The second kappa shape index (κ2) is 7.22. The molecule has 1 aliphatic heterocycles. The van der Waals surface area contributed by atoms with E-state index in [1.165, 1.54) is 12.8 Å². The van der Waals surface area contributed by atoms with Gasteiger partial charge in [-0.25, -0.2) is 4.99 Å². The highest BCUT2D eigenvalue weighted by atomic mass is 16.1. The molecule has 1 aromatic heterocycles. The van der Waals surface area contributed by atoms with Crippen LogP contribution in [-0.4, -0.2) is 74.2 Å². The summed E-state index contributed by atoms with van der Waals surface area (Å²) in [6.45, 7) is 9.40. The number of rotatable bonds is 5. The highest BCUT2D eigenvalue weighted by molar-refractivity contribution is 5.84. The smallest absolute Gasteiger partial charge is 0.237 e. The standard InChI is InChI=1S/C17H30N8O/c1-12-21-22-14(23(12)4)11-19-16(20-13-5-6-13)24-7-9-25(10-8-24)17(2,3)15(18)26/h13H,5-11H2,1-4H3,(H2,18,26)(H,19,20). The van der Waals surface area contributed by atoms with Crippen molar-refractivity contribution in [3.63, 3.8) is 0 Å². The number of aryl methyl sites for hydroxylation is 1. The third-order valence-corrected chi connectivity index (χ3v) is 5.44. The summed E-state index contributed by atoms with van der Waals surface area (Å²) in [6.07, 6.45) is 2.38. The molecule has 0 spiro atoms. The highest BCUT2D eigenvalue weighted by Crippen LogP contribution is 2.21. The molecule has 2 fully saturated rings. The van der Waals surface area contributed by atoms with Crippen LogP contribution in [0.15, 0.2) is 4.99 Å². The van der Waals surface area contributed by atoms with Gasteiger partial charge in [0.05, 0.1) is 5.54 Å². The topological polar surface area (TPSA) is 105 Å². The minimum atomic E-state index is -0.622. The van der Waals surface area contributed by atoms with Crippen LogP contribution in [0.1, 0.15) is 38.3 Å². The van der Waals surface area contributed by atoms with Crippen LogP contribution in [-0.2, 0) is 18.4 Å². The number of carbonyl (C=O) groups is 1. The second-order valence-corrected chi connectivity index (χ2v) is 7.68. The fraction of sp³-hybridized carbons (Fsp3) is 0.765. The monoisotopic (exact) mass is 362 g/mol. The molecule has 9 nitrogen and oxygen atoms in total. The Labute approximate surface area is 154 Å². The number of nitrogens with one attached hydrogen (secondary N) is 1. The third-order valence-electron chi connectivity index (χ3n) is 5.44. The Morgan fingerprint density at radius 1 is 1.27 bits per heavy atom. The van der Waals surface area contributed by atoms with Gasteiger partial charge < -0.3 is 20.5 Å². The Bertz CT molecular complexity index is 683. The van der Waals surface area contributed by atoms with Crippen molar-refractivity contribution in [2.75, 3.05) is 26.2 Å². The fourth-order valence-corrected chi connectivity index (χ4v) is 3.01. The van der Waals surface area contributed by atoms with E-state index in [0.29, 0.717) is 12.6 Å². The number of aliphatic imine (C=N–C) groups is 1. The van der Waals surface area contributed by atoms with Crippen LogP contribution < -0.4 is 11.1 Å². The van der Waals surface area contributed by atoms with Crippen LogP contribution in [0.25, 0.3) is 0 Å². The largest absolute Gasteiger partial charge is 0.368 e. The maximum Gasteiger partial charge on any atom is 0.237 e. The van der Waals surface area contributed by atoms with Gasteiger partial charge >= 0.3 is 0 Å². The lowest BCUT2D eigenvalue weighted by molar-refractivity contribution is -0.129. The third kappa shape index (κ3) is 3.98. The summed E-state index contributed by atoms with van der Waals surface area (Å²) in [4.78, 5) is 20.9. The molecular weight excluding hydrogens is 332 g/mol. The van der Waals surface area contributed by atoms with Crippen molar-refractivity contribution >= 4 is 11.9 Å². The minimum Gasteiger partial charge on any atom is -0.368 e. The highest BCUT2D eigenvalue weighted by Gasteiger charge is 2.35. The van der Waals surface area contributed by atoms with Crippen LogP contribution in [0.3, 0.4) is 0 Å². The van der Waals surface area contributed by atoms with Gasteiger partial charge in [0, 0.05) is 39.3 Å². The molecule has 3 N–H and O–H groups in total. The number of nitrogens with zero attached hydrogens (tertiary/aromatic N) is 6. The van der Waals surface area contributed by atoms with Gasteiger partial charge in [0.1, 0.15) is 12.4 Å². The van der Waals surface area contributed by atoms with Crippen molar-refractivity contribution in [1.29, 1.82) is 0 Å². The van der Waals surface area contributed by atoms with Gasteiger partial charge in [-0.2, -0.15) is 0 Å². The van der Waals surface area contributed by atoms with E-state index < -0.39 is 5.54 Å². The lowest BCUT2D eigenvalue weighted by atomic mass is 10.0. The predicted molar refractivity (Wildman–Crippen MR) is 99.5 cm³/mol. The van der Waals surface area contributed by atoms with E-state index >= 15 is 0 Å². The van der Waals surface area contributed by atoms with Gasteiger partial charge in [0.2, 0.25) is 5.91 Å². The Hall–Kier alpha value is -2.16. The zero-order valence-electron chi connectivity index (χ0n) is 16.2. The lowest BCUT2D eigenvalue weighted by Gasteiger charge is -2.43. The molecular formula is C17H30N8O. The number of guanidine groups is 1. The van der Waals surface area contributed by atoms with Crippen molar-refractivity contribution < 1.29 is 4.79 Å². The number of primary amides is 1. The fourth-order valence-electron chi connectivity index (χ4n) is 3.01. The molecule has 3 rings (SSSR count). The number of piperazine rings is 1. The van der Waals surface area contributed by atoms with Gasteiger partial charge in [-0.3, -0.25) is 9.69 Å². The molecule has 26 heavy (non-hydrogen) atoms. The first kappa shape index (κ1) is 18.6. The maximum absolute atomic E-state index is 11.7. The van der Waals surface area contributed by atoms with E-state index in [4.69, 9.17) is 10.7 Å². The van der Waals surface area contributed by atoms with Crippen molar-refractivity contribution in [3.8, 4) is 0 Å². The van der Waals surface area contributed by atoms with Crippen LogP contribution in [0.5, 0.6) is 0 Å². The van der Waals surface area contributed by atoms with Crippen LogP contribution in [0.2, 0.25) is 0 Å². The number of aromatic nitrogens is 3. The molecule has 1 amide bonds. The molecule has 9 heteroatoms. The molecule has 1 saturated heterocycles. The first-order chi connectivity index (χ1) is 12.3. The van der Waals surface area contributed by atoms with E-state index in [-0.39, 0.29) is 5.91 Å². The van der Waals surface area contributed by atoms with Crippen molar-refractivity contribution in [3.05, 3.63) is 11.6 Å². The van der Waals surface area contributed by atoms with Crippen LogP contribution >= 0.6 is 0 Å². The number of hydrogen-bond donors (Lipinski definition) is 2. The lowest BCUT2D eigenvalue weighted by Crippen LogP contribution is -2.61. The van der Waals surface area contributed by atoms with Gasteiger partial charge in [0.15, 0.2) is 11.8 Å². The molecule has 0 bridgehead atoms. The van der Waals surface area contributed by atoms with E-state index in [0.717, 1.165) is 43.8 Å². The van der Waals surface area contributed by atoms with Gasteiger partial charge in [-0.15, -0.1) is 10.2 Å². The molecule has 0 unspecified atom stereocenters. The molecule has 144 valence electrons.